The number of fused-ring (bicyclic) bond motifs is 1. The number of nitrogens with one attached hydrogen (secondary N) is 2. The molecule has 2 aromatic rings. The van der Waals surface area contributed by atoms with Crippen LogP contribution >= 0.6 is 15.9 Å². The van der Waals surface area contributed by atoms with E-state index in [2.05, 4.69) is 37.6 Å². The van der Waals surface area contributed by atoms with Crippen molar-refractivity contribution in [2.75, 3.05) is 17.2 Å². The van der Waals surface area contributed by atoms with Crippen LogP contribution in [0.1, 0.15) is 17.9 Å². The molecule has 0 fully saturated rings. The molecule has 0 saturated carbocycles. The van der Waals surface area contributed by atoms with Gasteiger partial charge in [-0.05, 0) is 39.7 Å². The Hall–Kier alpha value is -1.88. The summed E-state index contributed by atoms with van der Waals surface area (Å²) in [6, 6.07) is 11.8. The van der Waals surface area contributed by atoms with Gasteiger partial charge < -0.3 is 10.6 Å². The number of anilines is 2. The van der Waals surface area contributed by atoms with Gasteiger partial charge in [0.05, 0.1) is 0 Å². The highest BCUT2D eigenvalue weighted by atomic mass is 79.9. The van der Waals surface area contributed by atoms with Crippen molar-refractivity contribution in [1.29, 1.82) is 0 Å². The molecule has 4 nitrogen and oxygen atoms in total. The molecule has 1 atom stereocenters. The SMILES string of the molecule is O=C1C[C@H](CNc2ccc(Br)cn2)c2ccccc2N1. The zero-order chi connectivity index (χ0) is 13.9. The second-order valence-corrected chi connectivity index (χ2v) is 5.69. The van der Waals surface area contributed by atoms with E-state index in [0.29, 0.717) is 13.0 Å². The Morgan fingerprint density at radius 3 is 2.95 bits per heavy atom. The normalized spacial score (nSPS) is 17.2. The maximum Gasteiger partial charge on any atom is 0.225 e. The molecule has 0 radical (unpaired) electrons. The summed E-state index contributed by atoms with van der Waals surface area (Å²) in [4.78, 5) is 16.0. The molecular formula is C15H14BrN3O. The summed E-state index contributed by atoms with van der Waals surface area (Å²) in [5, 5.41) is 6.20. The van der Waals surface area contributed by atoms with Gasteiger partial charge in [-0.3, -0.25) is 4.79 Å². The van der Waals surface area contributed by atoms with Crippen molar-refractivity contribution >= 4 is 33.3 Å². The second-order valence-electron chi connectivity index (χ2n) is 4.78. The lowest BCUT2D eigenvalue weighted by molar-refractivity contribution is -0.116. The van der Waals surface area contributed by atoms with Crippen molar-refractivity contribution in [3.8, 4) is 0 Å². The lowest BCUT2D eigenvalue weighted by Crippen LogP contribution is -2.26. The molecule has 1 aromatic carbocycles. The van der Waals surface area contributed by atoms with E-state index in [4.69, 9.17) is 0 Å². The van der Waals surface area contributed by atoms with E-state index in [-0.39, 0.29) is 11.8 Å². The number of nitrogens with zero attached hydrogens (tertiary/aromatic N) is 1. The van der Waals surface area contributed by atoms with Crippen molar-refractivity contribution in [2.24, 2.45) is 0 Å². The molecule has 5 heteroatoms. The molecule has 0 unspecified atom stereocenters. The number of rotatable bonds is 3. The molecule has 1 aliphatic heterocycles. The number of carbonyl (C=O) groups excluding carboxylic acids is 1. The van der Waals surface area contributed by atoms with E-state index in [1.807, 2.05) is 30.3 Å². The third kappa shape index (κ3) is 2.82. The number of benzene rings is 1. The average molecular weight is 332 g/mol. The van der Waals surface area contributed by atoms with Gasteiger partial charge in [0.1, 0.15) is 5.82 Å². The van der Waals surface area contributed by atoms with E-state index in [0.717, 1.165) is 16.0 Å². The van der Waals surface area contributed by atoms with Gasteiger partial charge in [-0.25, -0.2) is 4.98 Å². The first-order valence-corrected chi connectivity index (χ1v) is 7.26. The van der Waals surface area contributed by atoms with Crippen LogP contribution < -0.4 is 10.6 Å². The monoisotopic (exact) mass is 331 g/mol. The first-order chi connectivity index (χ1) is 9.72. The predicted octanol–water partition coefficient (Wildman–Crippen LogP) is 3.38. The minimum atomic E-state index is 0.0688. The summed E-state index contributed by atoms with van der Waals surface area (Å²) in [6.45, 7) is 0.694. The van der Waals surface area contributed by atoms with Gasteiger partial charge in [-0.1, -0.05) is 18.2 Å². The maximum absolute atomic E-state index is 11.7. The van der Waals surface area contributed by atoms with Crippen LogP contribution in [0.4, 0.5) is 11.5 Å². The summed E-state index contributed by atoms with van der Waals surface area (Å²) in [7, 11) is 0. The molecule has 102 valence electrons. The number of hydrogen-bond donors (Lipinski definition) is 2. The highest BCUT2D eigenvalue weighted by Crippen LogP contribution is 2.31. The molecular weight excluding hydrogens is 318 g/mol. The Bertz CT molecular complexity index is 627. The van der Waals surface area contributed by atoms with Gasteiger partial charge in [0.25, 0.3) is 0 Å². The van der Waals surface area contributed by atoms with Crippen LogP contribution in [0.25, 0.3) is 0 Å². The molecule has 1 amide bonds. The molecule has 0 saturated heterocycles. The van der Waals surface area contributed by atoms with Crippen LogP contribution in [0.3, 0.4) is 0 Å². The Morgan fingerprint density at radius 1 is 1.30 bits per heavy atom. The highest BCUT2D eigenvalue weighted by Gasteiger charge is 2.24. The fraction of sp³-hybridized carbons (Fsp3) is 0.200. The number of hydrogen-bond acceptors (Lipinski definition) is 3. The number of para-hydroxylation sites is 1. The highest BCUT2D eigenvalue weighted by molar-refractivity contribution is 9.10. The largest absolute Gasteiger partial charge is 0.369 e. The van der Waals surface area contributed by atoms with Crippen molar-refractivity contribution in [3.63, 3.8) is 0 Å². The van der Waals surface area contributed by atoms with Gasteiger partial charge >= 0.3 is 0 Å². The third-order valence-corrected chi connectivity index (χ3v) is 3.83. The quantitative estimate of drug-likeness (QED) is 0.906. The Balaban J connectivity index is 1.74. The summed E-state index contributed by atoms with van der Waals surface area (Å²) >= 11 is 3.36. The fourth-order valence-electron chi connectivity index (χ4n) is 2.39. The molecule has 2 N–H and O–H groups in total. The first kappa shape index (κ1) is 13.1. The third-order valence-electron chi connectivity index (χ3n) is 3.36. The summed E-state index contributed by atoms with van der Waals surface area (Å²) in [5.41, 5.74) is 2.09. The van der Waals surface area contributed by atoms with Gasteiger partial charge in [-0.2, -0.15) is 0 Å². The van der Waals surface area contributed by atoms with Crippen molar-refractivity contribution in [2.45, 2.75) is 12.3 Å². The molecule has 20 heavy (non-hydrogen) atoms. The van der Waals surface area contributed by atoms with Crippen molar-refractivity contribution in [3.05, 3.63) is 52.6 Å². The van der Waals surface area contributed by atoms with Crippen LogP contribution in [0.2, 0.25) is 0 Å². The Labute approximate surface area is 125 Å². The standard InChI is InChI=1S/C15H14BrN3O/c16-11-5-6-14(18-9-11)17-8-10-7-15(20)19-13-4-2-1-3-12(10)13/h1-6,9-10H,7-8H2,(H,17,18)(H,19,20)/t10-/m1/s1. The molecule has 1 aromatic heterocycles. The van der Waals surface area contributed by atoms with Crippen LogP contribution in [-0.4, -0.2) is 17.4 Å². The molecule has 1 aliphatic rings. The lowest BCUT2D eigenvalue weighted by Gasteiger charge is -2.25. The smallest absolute Gasteiger partial charge is 0.225 e. The molecule has 0 bridgehead atoms. The lowest BCUT2D eigenvalue weighted by atomic mass is 9.90. The van der Waals surface area contributed by atoms with E-state index < -0.39 is 0 Å². The van der Waals surface area contributed by atoms with Crippen LogP contribution in [0, 0.1) is 0 Å². The van der Waals surface area contributed by atoms with E-state index in [1.165, 1.54) is 5.56 Å². The van der Waals surface area contributed by atoms with Crippen LogP contribution in [-0.2, 0) is 4.79 Å². The fourth-order valence-corrected chi connectivity index (χ4v) is 2.63. The van der Waals surface area contributed by atoms with Crippen LogP contribution in [0.5, 0.6) is 0 Å². The zero-order valence-corrected chi connectivity index (χ0v) is 12.4. The number of aromatic nitrogens is 1. The van der Waals surface area contributed by atoms with Gasteiger partial charge in [0.15, 0.2) is 0 Å². The predicted molar refractivity (Wildman–Crippen MR) is 82.9 cm³/mol. The first-order valence-electron chi connectivity index (χ1n) is 6.46. The zero-order valence-electron chi connectivity index (χ0n) is 10.8. The molecule has 0 spiro atoms. The van der Waals surface area contributed by atoms with Crippen molar-refractivity contribution < 1.29 is 4.79 Å². The minimum absolute atomic E-state index is 0.0688. The average Bonchev–Trinajstić information content (AvgIpc) is 2.46. The van der Waals surface area contributed by atoms with Gasteiger partial charge in [-0.15, -0.1) is 0 Å². The van der Waals surface area contributed by atoms with Gasteiger partial charge in [0.2, 0.25) is 5.91 Å². The van der Waals surface area contributed by atoms with Crippen LogP contribution in [0.15, 0.2) is 47.1 Å². The summed E-state index contributed by atoms with van der Waals surface area (Å²) in [5.74, 6) is 1.06. The minimum Gasteiger partial charge on any atom is -0.369 e. The number of halogens is 1. The van der Waals surface area contributed by atoms with E-state index >= 15 is 0 Å². The second kappa shape index (κ2) is 5.63. The Kier molecular flexibility index (Phi) is 3.69. The summed E-state index contributed by atoms with van der Waals surface area (Å²) in [6.07, 6.45) is 2.25. The van der Waals surface area contributed by atoms with E-state index in [9.17, 15) is 4.79 Å². The maximum atomic E-state index is 11.7. The van der Waals surface area contributed by atoms with Crippen molar-refractivity contribution in [1.82, 2.24) is 4.98 Å². The number of pyridine rings is 1. The number of carbonyl (C=O) groups is 1. The molecule has 3 rings (SSSR count). The van der Waals surface area contributed by atoms with E-state index in [1.54, 1.807) is 6.20 Å². The Morgan fingerprint density at radius 2 is 2.15 bits per heavy atom. The molecule has 0 aliphatic carbocycles. The molecule has 2 heterocycles. The topological polar surface area (TPSA) is 54.0 Å². The van der Waals surface area contributed by atoms with Gasteiger partial charge in [0, 0.05) is 35.2 Å². The summed E-state index contributed by atoms with van der Waals surface area (Å²) < 4.78 is 0.949. The number of amides is 1.